The Morgan fingerprint density at radius 2 is 2.24 bits per heavy atom. The van der Waals surface area contributed by atoms with Crippen LogP contribution < -0.4 is 10.6 Å². The van der Waals surface area contributed by atoms with Crippen LogP contribution in [0.25, 0.3) is 0 Å². The van der Waals surface area contributed by atoms with E-state index in [1.54, 1.807) is 7.11 Å². The van der Waals surface area contributed by atoms with E-state index < -0.39 is 0 Å². The van der Waals surface area contributed by atoms with E-state index in [2.05, 4.69) is 10.6 Å². The lowest BCUT2D eigenvalue weighted by Crippen LogP contribution is -2.38. The van der Waals surface area contributed by atoms with Crippen LogP contribution in [0, 0.1) is 0 Å². The number of hydrogen-bond acceptors (Lipinski definition) is 3. The first-order valence-electron chi connectivity index (χ1n) is 6.82. The molecule has 1 rings (SSSR count). The van der Waals surface area contributed by atoms with E-state index in [-0.39, 0.29) is 5.91 Å². The number of carbonyl (C=O) groups excluding carboxylic acids is 1. The van der Waals surface area contributed by atoms with Crippen molar-refractivity contribution in [3.05, 3.63) is 0 Å². The van der Waals surface area contributed by atoms with Crippen LogP contribution in [0.4, 0.5) is 0 Å². The second kappa shape index (κ2) is 9.42. The van der Waals surface area contributed by atoms with Crippen molar-refractivity contribution >= 4 is 5.91 Å². The van der Waals surface area contributed by atoms with Gasteiger partial charge in [0.25, 0.3) is 0 Å². The van der Waals surface area contributed by atoms with E-state index in [4.69, 9.17) is 4.74 Å². The van der Waals surface area contributed by atoms with Gasteiger partial charge in [0, 0.05) is 32.7 Å². The highest BCUT2D eigenvalue weighted by atomic mass is 16.5. The normalized spacial score (nSPS) is 20.2. The third-order valence-electron chi connectivity index (χ3n) is 3.19. The lowest BCUT2D eigenvalue weighted by atomic mass is 10.0. The molecule has 1 heterocycles. The van der Waals surface area contributed by atoms with Gasteiger partial charge >= 0.3 is 0 Å². The van der Waals surface area contributed by atoms with Gasteiger partial charge in [0.05, 0.1) is 0 Å². The SMILES string of the molecule is COCCCCCNC(=O)CC1CCCCN1. The highest BCUT2D eigenvalue weighted by molar-refractivity contribution is 5.76. The summed E-state index contributed by atoms with van der Waals surface area (Å²) >= 11 is 0. The molecular weight excluding hydrogens is 216 g/mol. The van der Waals surface area contributed by atoms with E-state index in [9.17, 15) is 4.79 Å². The van der Waals surface area contributed by atoms with Crippen molar-refractivity contribution in [1.82, 2.24) is 10.6 Å². The molecule has 2 N–H and O–H groups in total. The fraction of sp³-hybridized carbons (Fsp3) is 0.923. The lowest BCUT2D eigenvalue weighted by Gasteiger charge is -2.22. The summed E-state index contributed by atoms with van der Waals surface area (Å²) in [6, 6.07) is 0.400. The predicted octanol–water partition coefficient (Wildman–Crippen LogP) is 1.45. The van der Waals surface area contributed by atoms with Gasteiger partial charge in [0.15, 0.2) is 0 Å². The smallest absolute Gasteiger partial charge is 0.221 e. The Kier molecular flexibility index (Phi) is 8.01. The van der Waals surface area contributed by atoms with Crippen LogP contribution in [0.3, 0.4) is 0 Å². The fourth-order valence-corrected chi connectivity index (χ4v) is 2.17. The molecule has 1 saturated heterocycles. The largest absolute Gasteiger partial charge is 0.385 e. The molecule has 17 heavy (non-hydrogen) atoms. The van der Waals surface area contributed by atoms with Gasteiger partial charge in [-0.05, 0) is 38.6 Å². The van der Waals surface area contributed by atoms with Crippen LogP contribution >= 0.6 is 0 Å². The summed E-state index contributed by atoms with van der Waals surface area (Å²) in [7, 11) is 1.72. The maximum Gasteiger partial charge on any atom is 0.221 e. The summed E-state index contributed by atoms with van der Waals surface area (Å²) in [5, 5.41) is 6.38. The maximum atomic E-state index is 11.6. The second-order valence-corrected chi connectivity index (χ2v) is 4.75. The van der Waals surface area contributed by atoms with Gasteiger partial charge in [-0.15, -0.1) is 0 Å². The Balaban J connectivity index is 1.93. The van der Waals surface area contributed by atoms with Crippen LogP contribution in [-0.4, -0.2) is 38.8 Å². The summed E-state index contributed by atoms with van der Waals surface area (Å²) in [5.41, 5.74) is 0. The summed E-state index contributed by atoms with van der Waals surface area (Å²) in [5.74, 6) is 0.191. The predicted molar refractivity (Wildman–Crippen MR) is 69.0 cm³/mol. The number of piperidine rings is 1. The zero-order valence-electron chi connectivity index (χ0n) is 11.0. The van der Waals surface area contributed by atoms with Gasteiger partial charge in [-0.1, -0.05) is 6.42 Å². The summed E-state index contributed by atoms with van der Waals surface area (Å²) in [6.45, 7) is 2.68. The molecule has 4 nitrogen and oxygen atoms in total. The first-order chi connectivity index (χ1) is 8.33. The Hall–Kier alpha value is -0.610. The molecule has 0 aliphatic carbocycles. The van der Waals surface area contributed by atoms with Crippen molar-refractivity contribution in [3.8, 4) is 0 Å². The van der Waals surface area contributed by atoms with Crippen LogP contribution in [0.5, 0.6) is 0 Å². The molecule has 0 spiro atoms. The monoisotopic (exact) mass is 242 g/mol. The van der Waals surface area contributed by atoms with E-state index in [1.165, 1.54) is 12.8 Å². The number of ether oxygens (including phenoxy) is 1. The van der Waals surface area contributed by atoms with Gasteiger partial charge in [-0.3, -0.25) is 4.79 Å². The average Bonchev–Trinajstić information content (AvgIpc) is 2.35. The van der Waals surface area contributed by atoms with Gasteiger partial charge in [-0.2, -0.15) is 0 Å². The van der Waals surface area contributed by atoms with E-state index in [0.717, 1.165) is 45.4 Å². The van der Waals surface area contributed by atoms with Crippen LogP contribution in [-0.2, 0) is 9.53 Å². The van der Waals surface area contributed by atoms with Crippen molar-refractivity contribution in [1.29, 1.82) is 0 Å². The van der Waals surface area contributed by atoms with Gasteiger partial charge in [0.2, 0.25) is 5.91 Å². The average molecular weight is 242 g/mol. The molecule has 1 unspecified atom stereocenters. The highest BCUT2D eigenvalue weighted by Gasteiger charge is 2.15. The van der Waals surface area contributed by atoms with Crippen LogP contribution in [0.1, 0.15) is 44.9 Å². The standard InChI is InChI=1S/C13H26N2O2/c1-17-10-6-2-4-9-15-13(16)11-12-7-3-5-8-14-12/h12,14H,2-11H2,1H3,(H,15,16). The van der Waals surface area contributed by atoms with Gasteiger partial charge in [0.1, 0.15) is 0 Å². The number of hydrogen-bond donors (Lipinski definition) is 2. The minimum absolute atomic E-state index is 0.191. The third kappa shape index (κ3) is 7.34. The molecule has 0 bridgehead atoms. The first kappa shape index (κ1) is 14.5. The van der Waals surface area contributed by atoms with Crippen molar-refractivity contribution in [2.24, 2.45) is 0 Å². The molecule has 4 heteroatoms. The molecular formula is C13H26N2O2. The zero-order chi connectivity index (χ0) is 12.3. The van der Waals surface area contributed by atoms with Gasteiger partial charge < -0.3 is 15.4 Å². The lowest BCUT2D eigenvalue weighted by molar-refractivity contribution is -0.121. The van der Waals surface area contributed by atoms with E-state index in [1.807, 2.05) is 0 Å². The molecule has 0 radical (unpaired) electrons. The van der Waals surface area contributed by atoms with Crippen LogP contribution in [0.15, 0.2) is 0 Å². The number of rotatable bonds is 8. The molecule has 100 valence electrons. The van der Waals surface area contributed by atoms with Crippen LogP contribution in [0.2, 0.25) is 0 Å². The number of unbranched alkanes of at least 4 members (excludes halogenated alkanes) is 2. The number of amides is 1. The summed E-state index contributed by atoms with van der Waals surface area (Å²) in [4.78, 5) is 11.6. The van der Waals surface area contributed by atoms with Crippen molar-refractivity contribution < 1.29 is 9.53 Å². The summed E-state index contributed by atoms with van der Waals surface area (Å²) < 4.78 is 4.97. The maximum absolute atomic E-state index is 11.6. The Morgan fingerprint density at radius 1 is 1.35 bits per heavy atom. The minimum Gasteiger partial charge on any atom is -0.385 e. The number of methoxy groups -OCH3 is 1. The topological polar surface area (TPSA) is 50.4 Å². The van der Waals surface area contributed by atoms with Gasteiger partial charge in [-0.25, -0.2) is 0 Å². The fourth-order valence-electron chi connectivity index (χ4n) is 2.17. The molecule has 0 aromatic carbocycles. The first-order valence-corrected chi connectivity index (χ1v) is 6.82. The molecule has 1 fully saturated rings. The second-order valence-electron chi connectivity index (χ2n) is 4.75. The molecule has 0 aromatic heterocycles. The van der Waals surface area contributed by atoms with Crippen molar-refractivity contribution in [2.45, 2.75) is 51.0 Å². The number of nitrogens with one attached hydrogen (secondary N) is 2. The Morgan fingerprint density at radius 3 is 2.94 bits per heavy atom. The molecule has 1 atom stereocenters. The number of carbonyl (C=O) groups is 1. The molecule has 1 aliphatic heterocycles. The van der Waals surface area contributed by atoms with Crippen molar-refractivity contribution in [3.63, 3.8) is 0 Å². The molecule has 0 aromatic rings. The zero-order valence-corrected chi connectivity index (χ0v) is 11.0. The molecule has 1 amide bonds. The molecule has 0 saturated carbocycles. The van der Waals surface area contributed by atoms with E-state index >= 15 is 0 Å². The minimum atomic E-state index is 0.191. The molecule has 1 aliphatic rings. The van der Waals surface area contributed by atoms with E-state index in [0.29, 0.717) is 12.5 Å². The van der Waals surface area contributed by atoms with Crippen molar-refractivity contribution in [2.75, 3.05) is 26.8 Å². The quantitative estimate of drug-likeness (QED) is 0.633. The summed E-state index contributed by atoms with van der Waals surface area (Å²) in [6.07, 6.45) is 7.53. The Bertz CT molecular complexity index is 204. The Labute approximate surface area is 104 Å². The highest BCUT2D eigenvalue weighted by Crippen LogP contribution is 2.09. The third-order valence-corrected chi connectivity index (χ3v) is 3.19.